The molecule has 0 aliphatic carbocycles. The summed E-state index contributed by atoms with van der Waals surface area (Å²) >= 11 is 0. The maximum Gasteiger partial charge on any atom is 0.303 e. The quantitative estimate of drug-likeness (QED) is 0.561. The highest BCUT2D eigenvalue weighted by Gasteiger charge is 2.25. The first-order valence-electron chi connectivity index (χ1n) is 9.31. The van der Waals surface area contributed by atoms with Crippen molar-refractivity contribution in [2.75, 3.05) is 0 Å². The van der Waals surface area contributed by atoms with Crippen molar-refractivity contribution in [2.45, 2.75) is 46.1 Å². The van der Waals surface area contributed by atoms with Crippen LogP contribution in [0.5, 0.6) is 5.75 Å². The Morgan fingerprint density at radius 2 is 1.89 bits per heavy atom. The van der Waals surface area contributed by atoms with Crippen LogP contribution in [-0.2, 0) is 11.4 Å². The normalized spacial score (nSPS) is 12.9. The van der Waals surface area contributed by atoms with Gasteiger partial charge in [-0.25, -0.2) is 0 Å². The van der Waals surface area contributed by atoms with Gasteiger partial charge < -0.3 is 14.8 Å². The number of aliphatic carboxylic acids is 1. The molecule has 27 heavy (non-hydrogen) atoms. The van der Waals surface area contributed by atoms with Gasteiger partial charge in [0.05, 0.1) is 6.42 Å². The third kappa shape index (κ3) is 5.13. The number of ether oxygens (including phenoxy) is 1. The number of carbonyl (C=O) groups is 1. The molecular formula is C23H27NO3. The van der Waals surface area contributed by atoms with E-state index in [2.05, 4.69) is 25.8 Å². The van der Waals surface area contributed by atoms with Gasteiger partial charge in [-0.3, -0.25) is 4.79 Å². The molecule has 1 atom stereocenters. The summed E-state index contributed by atoms with van der Waals surface area (Å²) in [7, 11) is 0. The number of rotatable bonds is 7. The summed E-state index contributed by atoms with van der Waals surface area (Å²) in [4.78, 5) is 14.7. The molecule has 0 aliphatic heterocycles. The van der Waals surface area contributed by atoms with E-state index >= 15 is 0 Å². The molecule has 142 valence electrons. The lowest BCUT2D eigenvalue weighted by Gasteiger charge is -2.25. The Balaban J connectivity index is 1.82. The molecule has 2 aromatic carbocycles. The minimum Gasteiger partial charge on any atom is -0.489 e. The van der Waals surface area contributed by atoms with Crippen molar-refractivity contribution in [3.63, 3.8) is 0 Å². The Morgan fingerprint density at radius 1 is 1.15 bits per heavy atom. The predicted octanol–water partition coefficient (Wildman–Crippen LogP) is 5.74. The number of carboxylic acid groups (broad SMARTS) is 1. The Bertz CT molecular complexity index is 906. The second-order valence-corrected chi connectivity index (χ2v) is 8.29. The molecule has 0 fully saturated rings. The monoisotopic (exact) mass is 365 g/mol. The van der Waals surface area contributed by atoms with Gasteiger partial charge in [0.15, 0.2) is 0 Å². The van der Waals surface area contributed by atoms with E-state index in [4.69, 9.17) is 4.74 Å². The molecule has 0 spiro atoms. The molecule has 3 rings (SSSR count). The first-order valence-corrected chi connectivity index (χ1v) is 9.31. The highest BCUT2D eigenvalue weighted by molar-refractivity contribution is 5.85. The fourth-order valence-electron chi connectivity index (χ4n) is 3.54. The summed E-state index contributed by atoms with van der Waals surface area (Å²) in [6.45, 7) is 6.95. The zero-order valence-electron chi connectivity index (χ0n) is 16.2. The molecule has 1 heterocycles. The van der Waals surface area contributed by atoms with E-state index in [1.807, 2.05) is 54.7 Å². The highest BCUT2D eigenvalue weighted by atomic mass is 16.5. The standard InChI is InChI=1S/C23H27NO3/c1-23(2,3)13-17(11-22(25)26)20-14-24-21-12-18(9-10-19(20)21)27-15-16-7-5-4-6-8-16/h4-10,12,14,17,24H,11,13,15H2,1-3H3,(H,25,26). The number of H-pyrrole nitrogens is 1. The molecule has 4 heteroatoms. The summed E-state index contributed by atoms with van der Waals surface area (Å²) in [5.41, 5.74) is 3.22. The molecule has 0 amide bonds. The van der Waals surface area contributed by atoms with Crippen molar-refractivity contribution in [3.05, 3.63) is 65.9 Å². The number of carboxylic acids is 1. The van der Waals surface area contributed by atoms with E-state index in [0.717, 1.165) is 34.2 Å². The number of fused-ring (bicyclic) bond motifs is 1. The van der Waals surface area contributed by atoms with Crippen LogP contribution in [0.1, 0.15) is 50.7 Å². The molecule has 0 saturated carbocycles. The van der Waals surface area contributed by atoms with Crippen LogP contribution in [0.4, 0.5) is 0 Å². The Hall–Kier alpha value is -2.75. The zero-order valence-corrected chi connectivity index (χ0v) is 16.2. The van der Waals surface area contributed by atoms with E-state index < -0.39 is 5.97 Å². The number of nitrogens with one attached hydrogen (secondary N) is 1. The van der Waals surface area contributed by atoms with Gasteiger partial charge in [0.1, 0.15) is 12.4 Å². The SMILES string of the molecule is CC(C)(C)CC(CC(=O)O)c1c[nH]c2cc(OCc3ccccc3)ccc12. The molecule has 0 radical (unpaired) electrons. The van der Waals surface area contributed by atoms with Crippen LogP contribution >= 0.6 is 0 Å². The number of benzene rings is 2. The van der Waals surface area contributed by atoms with Gasteiger partial charge in [-0.1, -0.05) is 51.1 Å². The molecule has 3 aromatic rings. The minimum atomic E-state index is -0.763. The maximum atomic E-state index is 11.4. The van der Waals surface area contributed by atoms with Crippen molar-refractivity contribution in [1.82, 2.24) is 4.98 Å². The summed E-state index contributed by atoms with van der Waals surface area (Å²) in [6.07, 6.45) is 2.90. The second-order valence-electron chi connectivity index (χ2n) is 8.29. The van der Waals surface area contributed by atoms with E-state index in [0.29, 0.717) is 6.61 Å². The van der Waals surface area contributed by atoms with Gasteiger partial charge >= 0.3 is 5.97 Å². The highest BCUT2D eigenvalue weighted by Crippen LogP contribution is 2.37. The fourth-order valence-corrected chi connectivity index (χ4v) is 3.54. The first kappa shape index (κ1) is 19.0. The van der Waals surface area contributed by atoms with Crippen LogP contribution in [0.2, 0.25) is 0 Å². The van der Waals surface area contributed by atoms with Gasteiger partial charge in [-0.2, -0.15) is 0 Å². The van der Waals surface area contributed by atoms with Gasteiger partial charge in [0, 0.05) is 23.2 Å². The van der Waals surface area contributed by atoms with Gasteiger partial charge in [-0.15, -0.1) is 0 Å². The Kier molecular flexibility index (Phi) is 5.54. The summed E-state index contributed by atoms with van der Waals surface area (Å²) < 4.78 is 5.90. The van der Waals surface area contributed by atoms with E-state index in [1.54, 1.807) is 0 Å². The molecule has 1 unspecified atom stereocenters. The lowest BCUT2D eigenvalue weighted by molar-refractivity contribution is -0.137. The molecular weight excluding hydrogens is 338 g/mol. The minimum absolute atomic E-state index is 0.0210. The average Bonchev–Trinajstić information content (AvgIpc) is 3.02. The van der Waals surface area contributed by atoms with Crippen LogP contribution in [0.25, 0.3) is 10.9 Å². The molecule has 1 aromatic heterocycles. The van der Waals surface area contributed by atoms with Crippen molar-refractivity contribution >= 4 is 16.9 Å². The lowest BCUT2D eigenvalue weighted by Crippen LogP contribution is -2.15. The molecule has 0 saturated heterocycles. The van der Waals surface area contributed by atoms with Crippen LogP contribution in [0.3, 0.4) is 0 Å². The van der Waals surface area contributed by atoms with Gasteiger partial charge in [0.2, 0.25) is 0 Å². The van der Waals surface area contributed by atoms with Crippen molar-refractivity contribution in [1.29, 1.82) is 0 Å². The summed E-state index contributed by atoms with van der Waals surface area (Å²) in [6, 6.07) is 16.0. The third-order valence-electron chi connectivity index (χ3n) is 4.65. The molecule has 0 bridgehead atoms. The molecule has 2 N–H and O–H groups in total. The van der Waals surface area contributed by atoms with E-state index in [1.165, 1.54) is 0 Å². The first-order chi connectivity index (χ1) is 12.8. The smallest absolute Gasteiger partial charge is 0.303 e. The van der Waals surface area contributed by atoms with Crippen LogP contribution in [-0.4, -0.2) is 16.1 Å². The molecule has 4 nitrogen and oxygen atoms in total. The molecule has 0 aliphatic rings. The van der Waals surface area contributed by atoms with Crippen LogP contribution < -0.4 is 4.74 Å². The van der Waals surface area contributed by atoms with Crippen LogP contribution in [0.15, 0.2) is 54.7 Å². The van der Waals surface area contributed by atoms with Crippen molar-refractivity contribution < 1.29 is 14.6 Å². The Labute approximate surface area is 160 Å². The summed E-state index contributed by atoms with van der Waals surface area (Å²) in [5.74, 6) is 0.0131. The average molecular weight is 365 g/mol. The van der Waals surface area contributed by atoms with E-state index in [-0.39, 0.29) is 17.8 Å². The zero-order chi connectivity index (χ0) is 19.4. The summed E-state index contributed by atoms with van der Waals surface area (Å²) in [5, 5.41) is 10.4. The second kappa shape index (κ2) is 7.87. The van der Waals surface area contributed by atoms with Crippen molar-refractivity contribution in [3.8, 4) is 5.75 Å². The van der Waals surface area contributed by atoms with Gasteiger partial charge in [-0.05, 0) is 41.0 Å². The largest absolute Gasteiger partial charge is 0.489 e. The van der Waals surface area contributed by atoms with Gasteiger partial charge in [0.25, 0.3) is 0 Å². The Morgan fingerprint density at radius 3 is 2.56 bits per heavy atom. The number of hydrogen-bond donors (Lipinski definition) is 2. The lowest BCUT2D eigenvalue weighted by atomic mass is 9.80. The fraction of sp³-hybridized carbons (Fsp3) is 0.348. The number of aromatic amines is 1. The van der Waals surface area contributed by atoms with E-state index in [9.17, 15) is 9.90 Å². The third-order valence-corrected chi connectivity index (χ3v) is 4.65. The topological polar surface area (TPSA) is 62.3 Å². The number of aromatic nitrogens is 1. The van der Waals surface area contributed by atoms with Crippen LogP contribution in [0, 0.1) is 5.41 Å². The van der Waals surface area contributed by atoms with Crippen molar-refractivity contribution in [2.24, 2.45) is 5.41 Å². The predicted molar refractivity (Wildman–Crippen MR) is 108 cm³/mol. The maximum absolute atomic E-state index is 11.4. The number of hydrogen-bond acceptors (Lipinski definition) is 2.